The first-order chi connectivity index (χ1) is 4.74. The predicted octanol–water partition coefficient (Wildman–Crippen LogP) is -1.02. The highest BCUT2D eigenvalue weighted by Crippen LogP contribution is 1.64. The summed E-state index contributed by atoms with van der Waals surface area (Å²) < 4.78 is 0.946. The Morgan fingerprint density at radius 3 is 2.80 bits per heavy atom. The fourth-order valence-electron chi connectivity index (χ4n) is 0.519. The zero-order chi connectivity index (χ0) is 7.56. The first-order valence-electron chi connectivity index (χ1n) is 2.52. The van der Waals surface area contributed by atoms with Gasteiger partial charge in [0.15, 0.2) is 0 Å². The van der Waals surface area contributed by atoms with Gasteiger partial charge in [-0.2, -0.15) is 0 Å². The lowest BCUT2D eigenvalue weighted by Crippen LogP contribution is -2.26. The molecule has 0 radical (unpaired) electrons. The maximum atomic E-state index is 10.6. The topological polar surface area (TPSA) is 54.9 Å². The van der Waals surface area contributed by atoms with Gasteiger partial charge in [-0.1, -0.05) is 6.42 Å². The summed E-state index contributed by atoms with van der Waals surface area (Å²) in [5, 5.41) is 0. The highest BCUT2D eigenvalue weighted by molar-refractivity contribution is 4.95. The molecule has 1 rings (SSSR count). The first kappa shape index (κ1) is 6.36. The molecule has 0 bridgehead atoms. The number of nitrogens with zero attached hydrogens (tertiary/aromatic N) is 1. The molecule has 1 N–H and O–H groups in total. The molecule has 0 unspecified atom stereocenters. The molecule has 1 heterocycles. The Labute approximate surface area is 56.1 Å². The molecular weight excluding hydrogens is 132 g/mol. The summed E-state index contributed by atoms with van der Waals surface area (Å²) in [5.74, 6) is 0. The first-order valence-corrected chi connectivity index (χ1v) is 2.52. The van der Waals surface area contributed by atoms with Crippen LogP contribution in [0.25, 0.3) is 0 Å². The smallest absolute Gasteiger partial charge is 0.273 e. The van der Waals surface area contributed by atoms with Crippen LogP contribution in [0.1, 0.15) is 0 Å². The summed E-state index contributed by atoms with van der Waals surface area (Å²) in [5.41, 5.74) is -1.04. The van der Waals surface area contributed by atoms with Crippen LogP contribution >= 0.6 is 0 Å². The molecule has 4 nitrogen and oxygen atoms in total. The molecule has 50 valence electrons. The normalized spacial score (nSPS) is 8.70. The van der Waals surface area contributed by atoms with Crippen LogP contribution in [0.5, 0.6) is 0 Å². The molecule has 0 amide bonds. The van der Waals surface area contributed by atoms with Crippen LogP contribution in [0, 0.1) is 12.5 Å². The maximum Gasteiger partial charge on any atom is 0.340 e. The van der Waals surface area contributed by atoms with Crippen LogP contribution in [0.15, 0.2) is 21.9 Å². The molecule has 0 fully saturated rings. The molecule has 0 saturated heterocycles. The third kappa shape index (κ3) is 0.977. The average Bonchev–Trinajstić information content (AvgIpc) is 1.88. The summed E-state index contributed by atoms with van der Waals surface area (Å²) in [6.07, 6.45) is 6.13. The van der Waals surface area contributed by atoms with Crippen molar-refractivity contribution in [2.75, 3.05) is 0 Å². The number of nitrogens with one attached hydrogen (secondary N) is 1. The molecule has 0 aliphatic rings. The lowest BCUT2D eigenvalue weighted by Gasteiger charge is -1.88. The number of terminal acetylenes is 1. The van der Waals surface area contributed by atoms with Crippen LogP contribution in [-0.2, 0) is 0 Å². The van der Waals surface area contributed by atoms with Crippen molar-refractivity contribution in [1.82, 2.24) is 9.55 Å². The van der Waals surface area contributed by atoms with Crippen LogP contribution in [0.3, 0.4) is 0 Å². The minimum absolute atomic E-state index is 0.448. The van der Waals surface area contributed by atoms with Crippen LogP contribution < -0.4 is 11.2 Å². The molecule has 10 heavy (non-hydrogen) atoms. The fourth-order valence-corrected chi connectivity index (χ4v) is 0.519. The maximum absolute atomic E-state index is 10.6. The van der Waals surface area contributed by atoms with E-state index in [1.54, 1.807) is 0 Å². The van der Waals surface area contributed by atoms with E-state index in [4.69, 9.17) is 6.42 Å². The van der Waals surface area contributed by atoms with Gasteiger partial charge >= 0.3 is 5.69 Å². The Balaban J connectivity index is 3.53. The van der Waals surface area contributed by atoms with Gasteiger partial charge in [0.05, 0.1) is 0 Å². The molecule has 0 spiro atoms. The molecule has 0 atom stereocenters. The van der Waals surface area contributed by atoms with E-state index in [0.29, 0.717) is 0 Å². The largest absolute Gasteiger partial charge is 0.340 e. The van der Waals surface area contributed by atoms with Crippen LogP contribution in [0.4, 0.5) is 0 Å². The number of aromatic nitrogens is 2. The second kappa shape index (κ2) is 2.23. The van der Waals surface area contributed by atoms with E-state index in [0.717, 1.165) is 4.57 Å². The van der Waals surface area contributed by atoms with Crippen molar-refractivity contribution in [2.45, 2.75) is 0 Å². The molecule has 1 aromatic heterocycles. The molecule has 0 aromatic carbocycles. The Kier molecular flexibility index (Phi) is 1.42. The number of hydrogen-bond donors (Lipinski definition) is 1. The monoisotopic (exact) mass is 136 g/mol. The van der Waals surface area contributed by atoms with Gasteiger partial charge < -0.3 is 0 Å². The Morgan fingerprint density at radius 2 is 2.30 bits per heavy atom. The van der Waals surface area contributed by atoms with Gasteiger partial charge in [-0.25, -0.2) is 9.36 Å². The Morgan fingerprint density at radius 1 is 1.60 bits per heavy atom. The van der Waals surface area contributed by atoms with Crippen molar-refractivity contribution in [1.29, 1.82) is 0 Å². The van der Waals surface area contributed by atoms with Gasteiger partial charge in [0, 0.05) is 18.3 Å². The van der Waals surface area contributed by atoms with Gasteiger partial charge in [-0.15, -0.1) is 0 Å². The summed E-state index contributed by atoms with van der Waals surface area (Å²) >= 11 is 0. The number of rotatable bonds is 0. The van der Waals surface area contributed by atoms with E-state index >= 15 is 0 Å². The van der Waals surface area contributed by atoms with Gasteiger partial charge in [-0.05, 0) is 0 Å². The molecule has 0 aliphatic heterocycles. The van der Waals surface area contributed by atoms with E-state index in [-0.39, 0.29) is 0 Å². The van der Waals surface area contributed by atoms with E-state index in [2.05, 4.69) is 6.04 Å². The summed E-state index contributed by atoms with van der Waals surface area (Å²) in [7, 11) is 0. The van der Waals surface area contributed by atoms with Crippen molar-refractivity contribution in [3.05, 3.63) is 33.1 Å². The summed E-state index contributed by atoms with van der Waals surface area (Å²) in [4.78, 5) is 23.1. The van der Waals surface area contributed by atoms with Gasteiger partial charge in [0.25, 0.3) is 5.56 Å². The number of H-pyrrole nitrogens is 1. The third-order valence-corrected chi connectivity index (χ3v) is 0.963. The van der Waals surface area contributed by atoms with Crippen molar-refractivity contribution in [2.24, 2.45) is 0 Å². The van der Waals surface area contributed by atoms with Crippen LogP contribution in [0.2, 0.25) is 0 Å². The van der Waals surface area contributed by atoms with E-state index in [9.17, 15) is 9.59 Å². The van der Waals surface area contributed by atoms with Crippen molar-refractivity contribution < 1.29 is 0 Å². The Bertz CT molecular complexity index is 380. The second-order valence-corrected chi connectivity index (χ2v) is 1.61. The van der Waals surface area contributed by atoms with E-state index < -0.39 is 11.2 Å². The van der Waals surface area contributed by atoms with Gasteiger partial charge in [0.2, 0.25) is 0 Å². The lowest BCUT2D eigenvalue weighted by molar-refractivity contribution is 0.925. The SMILES string of the molecule is C#Cn1ccc(=O)[nH]c1=O. The molecule has 0 saturated carbocycles. The quantitative estimate of drug-likeness (QED) is 0.464. The zero-order valence-corrected chi connectivity index (χ0v) is 5.00. The number of hydrogen-bond acceptors (Lipinski definition) is 2. The lowest BCUT2D eigenvalue weighted by atomic mass is 10.6. The standard InChI is InChI=1S/C6H4N2O2/c1-2-8-4-3-5(9)7-6(8)10/h1,3-4H,(H,7,9,10). The molecule has 1 aromatic rings. The minimum Gasteiger partial charge on any atom is -0.273 e. The molecule has 0 aliphatic carbocycles. The molecule has 4 heteroatoms. The van der Waals surface area contributed by atoms with E-state index in [1.807, 2.05) is 4.98 Å². The summed E-state index contributed by atoms with van der Waals surface area (Å²) in [6, 6.07) is 3.24. The average molecular weight is 136 g/mol. The molecular formula is C6H4N2O2. The third-order valence-electron chi connectivity index (χ3n) is 0.963. The number of aromatic amines is 1. The fraction of sp³-hybridized carbons (Fsp3) is 0. The highest BCUT2D eigenvalue weighted by atomic mass is 16.2. The minimum atomic E-state index is -0.588. The van der Waals surface area contributed by atoms with Crippen molar-refractivity contribution >= 4 is 0 Å². The van der Waals surface area contributed by atoms with Crippen LogP contribution in [-0.4, -0.2) is 9.55 Å². The van der Waals surface area contributed by atoms with Gasteiger partial charge in [-0.3, -0.25) is 9.78 Å². The summed E-state index contributed by atoms with van der Waals surface area (Å²) in [6.45, 7) is 0. The zero-order valence-electron chi connectivity index (χ0n) is 5.00. The van der Waals surface area contributed by atoms with Crippen molar-refractivity contribution in [3.8, 4) is 12.5 Å². The predicted molar refractivity (Wildman–Crippen MR) is 35.6 cm³/mol. The highest BCUT2D eigenvalue weighted by Gasteiger charge is 1.88. The second-order valence-electron chi connectivity index (χ2n) is 1.61. The van der Waals surface area contributed by atoms with Gasteiger partial charge in [0.1, 0.15) is 0 Å². The van der Waals surface area contributed by atoms with E-state index in [1.165, 1.54) is 12.3 Å². The Hall–Kier alpha value is -1.76. The van der Waals surface area contributed by atoms with Crippen molar-refractivity contribution in [3.63, 3.8) is 0 Å².